The number of hydrogen-bond acceptors (Lipinski definition) is 2. The normalized spacial score (nSPS) is 18.1. The summed E-state index contributed by atoms with van der Waals surface area (Å²) in [5.41, 5.74) is -0.238. The molecule has 0 amide bonds. The van der Waals surface area contributed by atoms with Crippen LogP contribution in [0.15, 0.2) is 30.3 Å². The van der Waals surface area contributed by atoms with E-state index in [0.717, 1.165) is 18.4 Å². The van der Waals surface area contributed by atoms with E-state index in [9.17, 15) is 9.90 Å². The topological polar surface area (TPSA) is 49.3 Å². The lowest BCUT2D eigenvalue weighted by atomic mass is 9.85. The quantitative estimate of drug-likeness (QED) is 0.754. The van der Waals surface area contributed by atoms with Crippen LogP contribution in [0.5, 0.6) is 0 Å². The number of carboxylic acid groups (broad SMARTS) is 1. The molecule has 3 nitrogen and oxygen atoms in total. The molecule has 17 heavy (non-hydrogen) atoms. The molecule has 0 radical (unpaired) electrons. The zero-order valence-corrected chi connectivity index (χ0v) is 9.52. The predicted octanol–water partition coefficient (Wildman–Crippen LogP) is 1.60. The van der Waals surface area contributed by atoms with Crippen molar-refractivity contribution in [1.29, 1.82) is 0 Å². The standard InChI is InChI=1S/C14H15NO2/c1-2-10-15-14(13(16)17,12-8-9-12)11-6-4-3-5-7-11/h1,3-7,12,15H,8-10H2,(H,16,17). The molecule has 0 aromatic heterocycles. The predicted molar refractivity (Wildman–Crippen MR) is 65.3 cm³/mol. The van der Waals surface area contributed by atoms with E-state index in [0.29, 0.717) is 0 Å². The average Bonchev–Trinajstić information content (AvgIpc) is 3.16. The lowest BCUT2D eigenvalue weighted by Crippen LogP contribution is -2.51. The number of aliphatic carboxylic acids is 1. The highest BCUT2D eigenvalue weighted by atomic mass is 16.4. The van der Waals surface area contributed by atoms with Crippen LogP contribution in [0.2, 0.25) is 0 Å². The van der Waals surface area contributed by atoms with E-state index in [1.807, 2.05) is 30.3 Å². The maximum absolute atomic E-state index is 11.7. The van der Waals surface area contributed by atoms with Gasteiger partial charge in [0.25, 0.3) is 0 Å². The second-order valence-corrected chi connectivity index (χ2v) is 4.31. The zero-order valence-electron chi connectivity index (χ0n) is 9.52. The van der Waals surface area contributed by atoms with E-state index in [2.05, 4.69) is 11.2 Å². The highest BCUT2D eigenvalue weighted by molar-refractivity contribution is 5.82. The van der Waals surface area contributed by atoms with Crippen LogP contribution in [0.1, 0.15) is 18.4 Å². The molecule has 0 saturated heterocycles. The summed E-state index contributed by atoms with van der Waals surface area (Å²) in [7, 11) is 0. The summed E-state index contributed by atoms with van der Waals surface area (Å²) in [6, 6.07) is 9.27. The van der Waals surface area contributed by atoms with Crippen LogP contribution in [-0.4, -0.2) is 17.6 Å². The molecule has 1 unspecified atom stereocenters. The second-order valence-electron chi connectivity index (χ2n) is 4.31. The fraction of sp³-hybridized carbons (Fsp3) is 0.357. The first-order chi connectivity index (χ1) is 8.21. The van der Waals surface area contributed by atoms with E-state index in [1.54, 1.807) is 0 Å². The first kappa shape index (κ1) is 11.7. The third-order valence-corrected chi connectivity index (χ3v) is 3.23. The minimum Gasteiger partial charge on any atom is -0.480 e. The van der Waals surface area contributed by atoms with Gasteiger partial charge in [0.2, 0.25) is 0 Å². The van der Waals surface area contributed by atoms with Crippen LogP contribution in [0.4, 0.5) is 0 Å². The molecule has 1 fully saturated rings. The van der Waals surface area contributed by atoms with E-state index in [1.165, 1.54) is 0 Å². The van der Waals surface area contributed by atoms with Gasteiger partial charge in [-0.3, -0.25) is 5.32 Å². The fourth-order valence-corrected chi connectivity index (χ4v) is 2.26. The van der Waals surface area contributed by atoms with Gasteiger partial charge in [-0.2, -0.15) is 0 Å². The van der Waals surface area contributed by atoms with Crippen LogP contribution < -0.4 is 5.32 Å². The van der Waals surface area contributed by atoms with Gasteiger partial charge in [0, 0.05) is 0 Å². The van der Waals surface area contributed by atoms with Crippen LogP contribution in [-0.2, 0) is 10.3 Å². The number of benzene rings is 1. The Morgan fingerprint density at radius 1 is 1.47 bits per heavy atom. The summed E-state index contributed by atoms with van der Waals surface area (Å²) >= 11 is 0. The number of hydrogen-bond donors (Lipinski definition) is 2. The monoisotopic (exact) mass is 229 g/mol. The molecular formula is C14H15NO2. The lowest BCUT2D eigenvalue weighted by Gasteiger charge is -2.30. The lowest BCUT2D eigenvalue weighted by molar-refractivity contribution is -0.146. The smallest absolute Gasteiger partial charge is 0.328 e. The molecule has 1 atom stereocenters. The van der Waals surface area contributed by atoms with Gasteiger partial charge >= 0.3 is 5.97 Å². The van der Waals surface area contributed by atoms with Gasteiger partial charge in [0.1, 0.15) is 5.54 Å². The number of nitrogens with one attached hydrogen (secondary N) is 1. The van der Waals surface area contributed by atoms with Crippen molar-refractivity contribution in [2.45, 2.75) is 18.4 Å². The van der Waals surface area contributed by atoms with Crippen molar-refractivity contribution in [2.24, 2.45) is 5.92 Å². The van der Waals surface area contributed by atoms with E-state index in [-0.39, 0.29) is 12.5 Å². The van der Waals surface area contributed by atoms with Gasteiger partial charge in [-0.05, 0) is 24.3 Å². The molecule has 0 heterocycles. The largest absolute Gasteiger partial charge is 0.480 e. The maximum Gasteiger partial charge on any atom is 0.328 e. The third-order valence-electron chi connectivity index (χ3n) is 3.23. The van der Waals surface area contributed by atoms with E-state index >= 15 is 0 Å². The summed E-state index contributed by atoms with van der Waals surface area (Å²) in [5.74, 6) is 1.74. The van der Waals surface area contributed by atoms with Gasteiger partial charge in [0.15, 0.2) is 0 Å². The first-order valence-corrected chi connectivity index (χ1v) is 5.69. The third kappa shape index (κ3) is 2.04. The highest BCUT2D eigenvalue weighted by Gasteiger charge is 2.52. The summed E-state index contributed by atoms with van der Waals surface area (Å²) in [4.78, 5) is 11.7. The summed E-state index contributed by atoms with van der Waals surface area (Å²) in [6.45, 7) is 0.262. The first-order valence-electron chi connectivity index (χ1n) is 5.69. The van der Waals surface area contributed by atoms with Gasteiger partial charge in [-0.1, -0.05) is 36.3 Å². The van der Waals surface area contributed by atoms with Gasteiger partial charge in [-0.15, -0.1) is 6.42 Å². The Balaban J connectivity index is 2.41. The zero-order chi connectivity index (χ0) is 12.3. The Morgan fingerprint density at radius 2 is 2.12 bits per heavy atom. The molecule has 1 aromatic rings. The number of rotatable bonds is 5. The van der Waals surface area contributed by atoms with Crippen molar-refractivity contribution >= 4 is 5.97 Å². The molecule has 0 bridgehead atoms. The van der Waals surface area contributed by atoms with Gasteiger partial charge < -0.3 is 5.11 Å². The summed E-state index contributed by atoms with van der Waals surface area (Å²) in [6.07, 6.45) is 7.09. The molecular weight excluding hydrogens is 214 g/mol. The van der Waals surface area contributed by atoms with Crippen LogP contribution >= 0.6 is 0 Å². The number of terminal acetylenes is 1. The minimum atomic E-state index is -1.02. The Hall–Kier alpha value is -1.79. The Bertz CT molecular complexity index is 445. The van der Waals surface area contributed by atoms with Crippen LogP contribution in [0.25, 0.3) is 0 Å². The van der Waals surface area contributed by atoms with Crippen molar-refractivity contribution in [3.8, 4) is 12.3 Å². The minimum absolute atomic E-state index is 0.135. The Kier molecular flexibility index (Phi) is 3.16. The van der Waals surface area contributed by atoms with Crippen molar-refractivity contribution < 1.29 is 9.90 Å². The molecule has 1 aliphatic carbocycles. The molecule has 1 aliphatic rings. The Labute approximate surface area is 101 Å². The molecule has 3 heteroatoms. The number of carboxylic acids is 1. The van der Waals surface area contributed by atoms with Gasteiger partial charge in [0.05, 0.1) is 6.54 Å². The molecule has 2 rings (SSSR count). The fourth-order valence-electron chi connectivity index (χ4n) is 2.26. The second kappa shape index (κ2) is 4.60. The maximum atomic E-state index is 11.7. The van der Waals surface area contributed by atoms with Crippen molar-refractivity contribution in [3.63, 3.8) is 0 Å². The van der Waals surface area contributed by atoms with E-state index < -0.39 is 11.5 Å². The molecule has 1 aromatic carbocycles. The SMILES string of the molecule is C#CCNC(C(=O)O)(c1ccccc1)C1CC1. The van der Waals surface area contributed by atoms with E-state index in [4.69, 9.17) is 6.42 Å². The average molecular weight is 229 g/mol. The Morgan fingerprint density at radius 3 is 2.59 bits per heavy atom. The molecule has 88 valence electrons. The van der Waals surface area contributed by atoms with Crippen molar-refractivity contribution in [3.05, 3.63) is 35.9 Å². The summed E-state index contributed by atoms with van der Waals surface area (Å²) in [5, 5.41) is 12.6. The van der Waals surface area contributed by atoms with Crippen LogP contribution in [0, 0.1) is 18.3 Å². The van der Waals surface area contributed by atoms with Gasteiger partial charge in [-0.25, -0.2) is 4.79 Å². The van der Waals surface area contributed by atoms with Crippen LogP contribution in [0.3, 0.4) is 0 Å². The molecule has 1 saturated carbocycles. The molecule has 0 spiro atoms. The summed E-state index contributed by atoms with van der Waals surface area (Å²) < 4.78 is 0. The highest BCUT2D eigenvalue weighted by Crippen LogP contribution is 2.45. The molecule has 0 aliphatic heterocycles. The van der Waals surface area contributed by atoms with Crippen molar-refractivity contribution in [1.82, 2.24) is 5.32 Å². The number of carbonyl (C=O) groups is 1. The molecule has 2 N–H and O–H groups in total. The van der Waals surface area contributed by atoms with Crippen molar-refractivity contribution in [2.75, 3.05) is 6.54 Å².